The van der Waals surface area contributed by atoms with Gasteiger partial charge >= 0.3 is 12.2 Å². The first-order chi connectivity index (χ1) is 15.1. The number of aromatic nitrogens is 1. The summed E-state index contributed by atoms with van der Waals surface area (Å²) in [5, 5.41) is 14.4. The van der Waals surface area contributed by atoms with Crippen molar-refractivity contribution in [2.75, 3.05) is 21.3 Å². The molecule has 1 aliphatic rings. The molecular formula is C20H20F3N3O6. The van der Waals surface area contributed by atoms with Crippen LogP contribution in [0.15, 0.2) is 36.7 Å². The van der Waals surface area contributed by atoms with Gasteiger partial charge in [0.25, 0.3) is 0 Å². The molecular weight excluding hydrogens is 435 g/mol. The molecule has 32 heavy (non-hydrogen) atoms. The average Bonchev–Trinajstić information content (AvgIpc) is 2.76. The summed E-state index contributed by atoms with van der Waals surface area (Å²) in [5.41, 5.74) is -4.04. The number of alkyl halides is 3. The first-order valence-corrected chi connectivity index (χ1v) is 9.19. The van der Waals surface area contributed by atoms with Gasteiger partial charge in [-0.1, -0.05) is 0 Å². The Labute approximate surface area is 180 Å². The van der Waals surface area contributed by atoms with E-state index in [1.807, 2.05) is 0 Å². The van der Waals surface area contributed by atoms with Gasteiger partial charge in [0.1, 0.15) is 5.92 Å². The molecule has 2 heterocycles. The largest absolute Gasteiger partial charge is 0.493 e. The van der Waals surface area contributed by atoms with Crippen molar-refractivity contribution in [3.05, 3.63) is 47.8 Å². The van der Waals surface area contributed by atoms with E-state index in [-0.39, 0.29) is 28.4 Å². The Morgan fingerprint density at radius 2 is 1.78 bits per heavy atom. The van der Waals surface area contributed by atoms with Crippen LogP contribution in [0.5, 0.6) is 17.2 Å². The summed E-state index contributed by atoms with van der Waals surface area (Å²) in [4.78, 5) is 29.1. The summed E-state index contributed by atoms with van der Waals surface area (Å²) < 4.78 is 57.6. The zero-order valence-electron chi connectivity index (χ0n) is 17.2. The second-order valence-electron chi connectivity index (χ2n) is 6.88. The normalized spacial score (nSPS) is 23.0. The van der Waals surface area contributed by atoms with E-state index in [0.717, 1.165) is 6.20 Å². The molecule has 0 radical (unpaired) electrons. The third-order valence-electron chi connectivity index (χ3n) is 5.08. The minimum Gasteiger partial charge on any atom is -0.493 e. The quantitative estimate of drug-likeness (QED) is 0.572. The maximum Gasteiger partial charge on any atom is 0.437 e. The van der Waals surface area contributed by atoms with E-state index in [1.165, 1.54) is 57.1 Å². The number of aliphatic hydroxyl groups is 1. The molecule has 0 bridgehead atoms. The number of ketones is 1. The number of nitrogens with one attached hydrogen (secondary N) is 2. The highest BCUT2D eigenvalue weighted by molar-refractivity contribution is 6.00. The standard InChI is InChI=1S/C20H20F3N3O6/c1-30-12-7-11(8-13(31-2)17(12)32-3)15-14(16(27)10-5-4-6-24-9-10)19(29,20(21,22)23)26-18(28)25-15/h4-9,14-15,29H,1-3H3,(H2,25,26,28)/t14-,15+,19-/m1/s1. The van der Waals surface area contributed by atoms with Crippen LogP contribution in [0.1, 0.15) is 22.0 Å². The minimum atomic E-state index is -5.38. The third kappa shape index (κ3) is 3.88. The van der Waals surface area contributed by atoms with Crippen molar-refractivity contribution >= 4 is 11.8 Å². The Bertz CT molecular complexity index is 992. The second kappa shape index (κ2) is 8.54. The number of carbonyl (C=O) groups is 2. The Balaban J connectivity index is 2.24. The SMILES string of the molecule is COc1cc([C@@H]2NC(=O)N[C@](O)(C(F)(F)F)[C@H]2C(=O)c2cccnc2)cc(OC)c1OC. The number of halogens is 3. The molecule has 3 N–H and O–H groups in total. The molecule has 12 heteroatoms. The van der Waals surface area contributed by atoms with Gasteiger partial charge in [0.15, 0.2) is 17.3 Å². The van der Waals surface area contributed by atoms with Gasteiger partial charge in [-0.25, -0.2) is 4.79 Å². The number of nitrogens with zero attached hydrogens (tertiary/aromatic N) is 1. The number of urea groups is 1. The number of ether oxygens (including phenoxy) is 3. The molecule has 2 aromatic rings. The lowest BCUT2D eigenvalue weighted by Crippen LogP contribution is -2.72. The predicted octanol–water partition coefficient (Wildman–Crippen LogP) is 2.21. The molecule has 0 unspecified atom stereocenters. The number of hydrogen-bond donors (Lipinski definition) is 3. The van der Waals surface area contributed by atoms with Gasteiger partial charge in [0.05, 0.1) is 27.4 Å². The molecule has 0 spiro atoms. The number of carbonyl (C=O) groups excluding carboxylic acids is 2. The highest BCUT2D eigenvalue weighted by Gasteiger charge is 2.66. The summed E-state index contributed by atoms with van der Waals surface area (Å²) >= 11 is 0. The fraction of sp³-hybridized carbons (Fsp3) is 0.350. The van der Waals surface area contributed by atoms with E-state index in [1.54, 1.807) is 0 Å². The number of hydrogen-bond acceptors (Lipinski definition) is 7. The maximum absolute atomic E-state index is 14.0. The van der Waals surface area contributed by atoms with Gasteiger partial charge in [0.2, 0.25) is 11.5 Å². The van der Waals surface area contributed by atoms with Crippen LogP contribution in [-0.4, -0.2) is 55.1 Å². The molecule has 1 saturated heterocycles. The lowest BCUT2D eigenvalue weighted by atomic mass is 9.77. The fourth-order valence-corrected chi connectivity index (χ4v) is 3.59. The Kier molecular flexibility index (Phi) is 6.17. The summed E-state index contributed by atoms with van der Waals surface area (Å²) in [6.07, 6.45) is -2.97. The summed E-state index contributed by atoms with van der Waals surface area (Å²) in [6, 6.07) is 2.27. The van der Waals surface area contributed by atoms with Gasteiger partial charge < -0.3 is 30.0 Å². The Morgan fingerprint density at radius 3 is 2.25 bits per heavy atom. The van der Waals surface area contributed by atoms with Gasteiger partial charge in [-0.2, -0.15) is 13.2 Å². The van der Waals surface area contributed by atoms with Crippen LogP contribution in [-0.2, 0) is 0 Å². The Morgan fingerprint density at radius 1 is 1.16 bits per heavy atom. The smallest absolute Gasteiger partial charge is 0.437 e. The second-order valence-corrected chi connectivity index (χ2v) is 6.88. The number of rotatable bonds is 6. The van der Waals surface area contributed by atoms with Crippen LogP contribution < -0.4 is 24.8 Å². The van der Waals surface area contributed by atoms with Crippen molar-refractivity contribution in [1.82, 2.24) is 15.6 Å². The molecule has 3 atom stereocenters. The van der Waals surface area contributed by atoms with Crippen LogP contribution in [0.2, 0.25) is 0 Å². The van der Waals surface area contributed by atoms with Crippen LogP contribution in [0, 0.1) is 5.92 Å². The van der Waals surface area contributed by atoms with Gasteiger partial charge in [-0.3, -0.25) is 9.78 Å². The lowest BCUT2D eigenvalue weighted by molar-refractivity contribution is -0.287. The van der Waals surface area contributed by atoms with E-state index in [0.29, 0.717) is 0 Å². The molecule has 2 amide bonds. The van der Waals surface area contributed by atoms with Crippen molar-refractivity contribution in [1.29, 1.82) is 0 Å². The van der Waals surface area contributed by atoms with Crippen molar-refractivity contribution in [3.8, 4) is 17.2 Å². The lowest BCUT2D eigenvalue weighted by Gasteiger charge is -2.45. The zero-order valence-corrected chi connectivity index (χ0v) is 17.2. The number of amides is 2. The van der Waals surface area contributed by atoms with Crippen LogP contribution in [0.4, 0.5) is 18.0 Å². The molecule has 1 fully saturated rings. The fourth-order valence-electron chi connectivity index (χ4n) is 3.59. The highest BCUT2D eigenvalue weighted by atomic mass is 19.4. The minimum absolute atomic E-state index is 0.0132. The number of pyridine rings is 1. The number of benzene rings is 1. The topological polar surface area (TPSA) is 119 Å². The average molecular weight is 455 g/mol. The number of methoxy groups -OCH3 is 3. The first kappa shape index (κ1) is 23.1. The van der Waals surface area contributed by atoms with Crippen LogP contribution in [0.25, 0.3) is 0 Å². The maximum atomic E-state index is 14.0. The zero-order chi connectivity index (χ0) is 23.7. The van der Waals surface area contributed by atoms with E-state index in [9.17, 15) is 27.9 Å². The van der Waals surface area contributed by atoms with E-state index in [4.69, 9.17) is 14.2 Å². The third-order valence-corrected chi connectivity index (χ3v) is 5.08. The summed E-state index contributed by atoms with van der Waals surface area (Å²) in [5.74, 6) is -2.99. The molecule has 1 aliphatic heterocycles. The predicted molar refractivity (Wildman–Crippen MR) is 104 cm³/mol. The molecule has 0 aliphatic carbocycles. The van der Waals surface area contributed by atoms with Crippen molar-refractivity contribution < 1.29 is 42.1 Å². The van der Waals surface area contributed by atoms with Crippen molar-refractivity contribution in [3.63, 3.8) is 0 Å². The monoisotopic (exact) mass is 455 g/mol. The highest BCUT2D eigenvalue weighted by Crippen LogP contribution is 2.47. The molecule has 1 aromatic heterocycles. The van der Waals surface area contributed by atoms with Crippen LogP contribution >= 0.6 is 0 Å². The molecule has 3 rings (SSSR count). The van der Waals surface area contributed by atoms with Crippen molar-refractivity contribution in [2.45, 2.75) is 17.9 Å². The Hall–Kier alpha value is -3.54. The van der Waals surface area contributed by atoms with Gasteiger partial charge in [-0.05, 0) is 29.8 Å². The number of Topliss-reactive ketones (excluding diaryl/α,β-unsaturated/α-hetero) is 1. The van der Waals surface area contributed by atoms with Gasteiger partial charge in [0, 0.05) is 18.0 Å². The summed E-state index contributed by atoms with van der Waals surface area (Å²) in [7, 11) is 3.93. The molecule has 0 saturated carbocycles. The molecule has 1 aromatic carbocycles. The van der Waals surface area contributed by atoms with Crippen molar-refractivity contribution in [2.24, 2.45) is 5.92 Å². The molecule has 172 valence electrons. The van der Waals surface area contributed by atoms with E-state index < -0.39 is 35.7 Å². The first-order valence-electron chi connectivity index (χ1n) is 9.19. The van der Waals surface area contributed by atoms with Crippen LogP contribution in [0.3, 0.4) is 0 Å². The van der Waals surface area contributed by atoms with Gasteiger partial charge in [-0.15, -0.1) is 0 Å². The summed E-state index contributed by atoms with van der Waals surface area (Å²) in [6.45, 7) is 0. The van der Waals surface area contributed by atoms with E-state index in [2.05, 4.69) is 10.3 Å². The molecule has 9 nitrogen and oxygen atoms in total. The van der Waals surface area contributed by atoms with E-state index >= 15 is 0 Å².